The van der Waals surface area contributed by atoms with Crippen molar-refractivity contribution in [2.45, 2.75) is 152 Å². The second-order valence-electron chi connectivity index (χ2n) is 20.2. The van der Waals surface area contributed by atoms with Crippen LogP contribution in [0.4, 0.5) is 0 Å². The number of nitrogens with two attached hydrogens (primary N) is 5. The van der Waals surface area contributed by atoms with E-state index in [0.29, 0.717) is 31.4 Å². The number of benzene rings is 1. The zero-order chi connectivity index (χ0) is 63.4. The van der Waals surface area contributed by atoms with Crippen molar-refractivity contribution in [2.75, 3.05) is 44.8 Å². The highest BCUT2D eigenvalue weighted by Gasteiger charge is 2.41. The third-order valence-electron chi connectivity index (χ3n) is 12.9. The van der Waals surface area contributed by atoms with Gasteiger partial charge in [-0.05, 0) is 107 Å². The normalized spacial score (nSPS) is 16.5. The number of aliphatic hydroxyl groups is 1. The van der Waals surface area contributed by atoms with Crippen LogP contribution in [0.15, 0.2) is 24.3 Å². The van der Waals surface area contributed by atoms with E-state index in [2.05, 4.69) is 52.4 Å². The fourth-order valence-electron chi connectivity index (χ4n) is 8.34. The lowest BCUT2D eigenvalue weighted by Gasteiger charge is -2.28. The highest BCUT2D eigenvalue weighted by Crippen LogP contribution is 2.45. The summed E-state index contributed by atoms with van der Waals surface area (Å²) in [5.74, 6) is -11.7. The molecule has 1 aromatic rings. The molecular weight excluding hydrogens is 1150 g/mol. The summed E-state index contributed by atoms with van der Waals surface area (Å²) >= 11 is 1.29. The maximum absolute atomic E-state index is 14.1. The number of primary amides is 1. The standard InChI is InChI=1S/C49H84N15O18PS/c1-25(2)38(48(77)78)62-43(72)30(10-5-6-17-50)57-45(74)33(22-36(52)67)59-42(71)31(16-20-84-4)58-46(75)35-11-8-19-64(35)37(68)23-56-41(70)34(24-82-83(79,80)81)61-44(73)32(21-27-12-14-28(66)15-13-27)60-47(76)39(26(3)65)63-40(69)29(51)9-7-18-55-49(53)54/h12-15,25-26,29-35,38-39,49,55,65,79-81H,5-11,16-24,50-51,53-54H2,1-4H3,(H11-,52,56,57,58,59,60,61,62,63,66,67,69,70,71,72,73,74,75,76,77,78)/p+1/t26-,29+,30+,31+,32+,33+,34+,35+,38+,39+/m1/s1. The van der Waals surface area contributed by atoms with Crippen molar-refractivity contribution < 1.29 is 87.3 Å². The summed E-state index contributed by atoms with van der Waals surface area (Å²) in [6, 6.07) is -8.17. The van der Waals surface area contributed by atoms with Crippen molar-refractivity contribution in [1.29, 1.82) is 0 Å². The third-order valence-corrected chi connectivity index (χ3v) is 14.0. The zero-order valence-electron chi connectivity index (χ0n) is 47.3. The van der Waals surface area contributed by atoms with E-state index in [4.69, 9.17) is 28.7 Å². The van der Waals surface area contributed by atoms with Gasteiger partial charge in [0.05, 0.1) is 25.1 Å². The largest absolute Gasteiger partial charge is 0.567 e. The molecule has 0 saturated carbocycles. The molecular formula is C49H85N15O18PS+. The minimum Gasteiger partial charge on any atom is -0.508 e. The van der Waals surface area contributed by atoms with Gasteiger partial charge in [0, 0.05) is 13.0 Å². The molecule has 35 heteroatoms. The molecule has 1 heterocycles. The number of rotatable bonds is 39. The quantitative estimate of drug-likeness (QED) is 0.0165. The van der Waals surface area contributed by atoms with E-state index in [0.717, 1.165) is 4.90 Å². The summed E-state index contributed by atoms with van der Waals surface area (Å²) in [4.78, 5) is 178. The maximum Gasteiger partial charge on any atom is 0.567 e. The lowest BCUT2D eigenvalue weighted by Crippen LogP contribution is -2.61. The monoisotopic (exact) mass is 1230 g/mol. The number of nitrogens with zero attached hydrogens (tertiary/aromatic N) is 1. The van der Waals surface area contributed by atoms with Crippen molar-refractivity contribution in [3.05, 3.63) is 29.8 Å². The second kappa shape index (κ2) is 37.1. The number of carbonyl (C=O) groups is 11. The number of phenolic OH excluding ortho intramolecular Hbond substituents is 1. The number of unbranched alkanes of at least 4 members (excludes halogenated alkanes) is 1. The van der Waals surface area contributed by atoms with Gasteiger partial charge >= 0.3 is 14.1 Å². The topological polar surface area (TPSA) is 560 Å². The molecule has 2 rings (SSSR count). The molecule has 0 aromatic heterocycles. The first kappa shape index (κ1) is 73.7. The number of thioether (sulfide) groups is 1. The van der Waals surface area contributed by atoms with Gasteiger partial charge in [-0.15, -0.1) is 0 Å². The molecule has 0 aliphatic carbocycles. The number of nitrogens with one attached hydrogen (secondary N) is 9. The van der Waals surface area contributed by atoms with Crippen LogP contribution >= 0.6 is 19.9 Å². The predicted octanol–water partition coefficient (Wildman–Crippen LogP) is -7.12. The Morgan fingerprint density at radius 1 is 0.714 bits per heavy atom. The van der Waals surface area contributed by atoms with Gasteiger partial charge in [-0.25, -0.2) is 4.79 Å². The highest BCUT2D eigenvalue weighted by atomic mass is 32.2. The molecule has 474 valence electrons. The van der Waals surface area contributed by atoms with Crippen molar-refractivity contribution >= 4 is 85.0 Å². The number of hydrogen-bond donors (Lipinski definition) is 20. The summed E-state index contributed by atoms with van der Waals surface area (Å²) in [6.07, 6.45) is -0.331. The Hall–Kier alpha value is -6.43. The van der Waals surface area contributed by atoms with Crippen LogP contribution in [-0.4, -0.2) is 212 Å². The van der Waals surface area contributed by atoms with Crippen LogP contribution in [0.1, 0.15) is 84.1 Å². The fraction of sp³-hybridized carbons (Fsp3) is 0.653. The van der Waals surface area contributed by atoms with Gasteiger partial charge in [-0.2, -0.15) is 31.0 Å². The molecule has 0 bridgehead atoms. The zero-order valence-corrected chi connectivity index (χ0v) is 49.0. The Labute approximate surface area is 490 Å². The molecule has 1 saturated heterocycles. The number of aliphatic carboxylic acids is 1. The van der Waals surface area contributed by atoms with Crippen molar-refractivity contribution in [2.24, 2.45) is 34.6 Å². The number of aromatic hydroxyl groups is 1. The average Bonchev–Trinajstić information content (AvgIpc) is 4.06. The Morgan fingerprint density at radius 3 is 1.86 bits per heavy atom. The molecule has 25 N–H and O–H groups in total. The minimum absolute atomic E-state index is 0.000825. The minimum atomic E-state index is -5.10. The number of carboxylic acid groups (broad SMARTS) is 1. The van der Waals surface area contributed by atoms with Gasteiger partial charge < -0.3 is 91.4 Å². The van der Waals surface area contributed by atoms with Crippen LogP contribution in [0.5, 0.6) is 5.75 Å². The number of carboxylic acids is 1. The second-order valence-corrected chi connectivity index (χ2v) is 22.5. The van der Waals surface area contributed by atoms with Crippen LogP contribution in [-0.2, 0) is 63.7 Å². The first-order valence-electron chi connectivity index (χ1n) is 27.0. The van der Waals surface area contributed by atoms with Crippen molar-refractivity contribution in [1.82, 2.24) is 52.8 Å². The number of carbonyl (C=O) groups excluding carboxylic acids is 10. The Morgan fingerprint density at radius 2 is 1.29 bits per heavy atom. The molecule has 84 heavy (non-hydrogen) atoms. The number of likely N-dealkylation sites (tertiary alicyclic amines) is 1. The molecule has 1 aliphatic heterocycles. The van der Waals surface area contributed by atoms with Crippen molar-refractivity contribution in [3.8, 4) is 5.75 Å². The van der Waals surface area contributed by atoms with Gasteiger partial charge in [0.25, 0.3) is 0 Å². The molecule has 0 unspecified atom stereocenters. The summed E-state index contributed by atoms with van der Waals surface area (Å²) in [5, 5.41) is 52.0. The molecule has 0 spiro atoms. The molecule has 1 fully saturated rings. The number of hydrogen-bond acceptors (Lipinski definition) is 23. The molecule has 33 nitrogen and oxygen atoms in total. The molecule has 1 aromatic carbocycles. The molecule has 1 aliphatic rings. The van der Waals surface area contributed by atoms with Gasteiger partial charge in [0.2, 0.25) is 59.1 Å². The summed E-state index contributed by atoms with van der Waals surface area (Å²) in [5.41, 5.74) is 28.3. The first-order chi connectivity index (χ1) is 39.4. The van der Waals surface area contributed by atoms with E-state index in [1.807, 2.05) is 0 Å². The average molecular weight is 1240 g/mol. The van der Waals surface area contributed by atoms with Gasteiger partial charge in [-0.1, -0.05) is 26.0 Å². The predicted molar refractivity (Wildman–Crippen MR) is 304 cm³/mol. The van der Waals surface area contributed by atoms with E-state index in [9.17, 15) is 82.7 Å². The molecule has 10 amide bonds. The fourth-order valence-corrected chi connectivity index (χ4v) is 9.16. The van der Waals surface area contributed by atoms with Crippen molar-refractivity contribution in [3.63, 3.8) is 0 Å². The highest BCUT2D eigenvalue weighted by molar-refractivity contribution is 7.98. The maximum atomic E-state index is 14.1. The Kier molecular flexibility index (Phi) is 32.5. The smallest absolute Gasteiger partial charge is 0.508 e. The number of phenols is 1. The van der Waals surface area contributed by atoms with Crippen LogP contribution in [0, 0.1) is 5.92 Å². The lowest BCUT2D eigenvalue weighted by molar-refractivity contribution is -0.143. The van der Waals surface area contributed by atoms with E-state index in [-0.39, 0.29) is 63.1 Å². The molecule has 10 atom stereocenters. The number of aliphatic hydroxyl groups excluding tert-OH is 1. The Balaban J connectivity index is 2.33. The third kappa shape index (κ3) is 27.1. The summed E-state index contributed by atoms with van der Waals surface area (Å²) in [6.45, 7) is 2.79. The van der Waals surface area contributed by atoms with Crippen LogP contribution in [0.3, 0.4) is 0 Å². The lowest BCUT2D eigenvalue weighted by atomic mass is 10.0. The first-order valence-corrected chi connectivity index (χ1v) is 29.9. The number of amides is 10. The van der Waals surface area contributed by atoms with Gasteiger partial charge in [0.1, 0.15) is 67.0 Å². The SMILES string of the molecule is CSCC[C@H](NC(=O)[C@@H]1CCCN1C(=O)CNC(=O)[C@H](CO[P+](O)(O)O)NC(=O)[C@H](Cc1ccc(O)cc1)NC(=O)[C@@H](NC(=O)[C@@H](N)CCCNC(N)N)[C@@H](C)O)C(=O)N[C@@H](CC(N)=O)C(=O)N[C@@H](CCCCN)C(=O)N[C@H](C(=O)O)C(C)C. The van der Waals surface area contributed by atoms with E-state index in [1.165, 1.54) is 43.0 Å². The van der Waals surface area contributed by atoms with E-state index in [1.54, 1.807) is 20.1 Å². The van der Waals surface area contributed by atoms with E-state index >= 15 is 0 Å². The van der Waals surface area contributed by atoms with E-state index < -0.39 is 165 Å². The van der Waals surface area contributed by atoms with Gasteiger partial charge in [0.15, 0.2) is 0 Å². The van der Waals surface area contributed by atoms with Gasteiger partial charge in [-0.3, -0.25) is 53.3 Å². The van der Waals surface area contributed by atoms with Crippen LogP contribution in [0.2, 0.25) is 0 Å². The van der Waals surface area contributed by atoms with Crippen LogP contribution < -0.4 is 76.5 Å². The summed E-state index contributed by atoms with van der Waals surface area (Å²) in [7, 11) is -5.10. The molecule has 0 radical (unpaired) electrons. The summed E-state index contributed by atoms with van der Waals surface area (Å²) < 4.78 is 4.67. The van der Waals surface area contributed by atoms with Crippen LogP contribution in [0.25, 0.3) is 0 Å². The Bertz CT molecular complexity index is 2370.